The highest BCUT2D eigenvalue weighted by Gasteiger charge is 2.32. The molecule has 1 rings (SSSR count). The summed E-state index contributed by atoms with van der Waals surface area (Å²) < 4.78 is 37.3. The van der Waals surface area contributed by atoms with E-state index in [-0.39, 0.29) is 5.92 Å². The largest absolute Gasteiger partial charge is 0.390 e. The molecule has 0 amide bonds. The normalized spacial score (nSPS) is 14.2. The van der Waals surface area contributed by atoms with Gasteiger partial charge in [0.1, 0.15) is 0 Å². The lowest BCUT2D eigenvalue weighted by atomic mass is 9.89. The number of benzene rings is 1. The minimum atomic E-state index is -4.24. The van der Waals surface area contributed by atoms with E-state index in [1.807, 2.05) is 26.0 Å². The van der Waals surface area contributed by atoms with Crippen molar-refractivity contribution >= 4 is 11.6 Å². The van der Waals surface area contributed by atoms with E-state index in [1.54, 1.807) is 6.07 Å². The molecule has 0 aliphatic rings. The Bertz CT molecular complexity index is 422. The van der Waals surface area contributed by atoms with E-state index >= 15 is 0 Å². The molecule has 0 spiro atoms. The Morgan fingerprint density at radius 3 is 2.00 bits per heavy atom. The summed E-state index contributed by atoms with van der Waals surface area (Å²) in [6, 6.07) is 5.60. The van der Waals surface area contributed by atoms with E-state index in [1.165, 1.54) is 0 Å². The van der Waals surface area contributed by atoms with Crippen LogP contribution in [0.25, 0.3) is 0 Å². The molecule has 108 valence electrons. The molecule has 0 saturated heterocycles. The minimum Gasteiger partial charge on any atom is -0.171 e. The van der Waals surface area contributed by atoms with Gasteiger partial charge < -0.3 is 0 Å². The van der Waals surface area contributed by atoms with Crippen LogP contribution in [0.3, 0.4) is 0 Å². The first-order valence-electron chi connectivity index (χ1n) is 6.46. The van der Waals surface area contributed by atoms with Crippen molar-refractivity contribution in [3.8, 4) is 0 Å². The minimum absolute atomic E-state index is 0.156. The van der Waals surface area contributed by atoms with Gasteiger partial charge in [0.25, 0.3) is 0 Å². The second-order valence-electron chi connectivity index (χ2n) is 5.48. The first-order chi connectivity index (χ1) is 8.61. The zero-order valence-electron chi connectivity index (χ0n) is 11.7. The van der Waals surface area contributed by atoms with Crippen LogP contribution in [-0.4, -0.2) is 6.18 Å². The third-order valence-corrected chi connectivity index (χ3v) is 3.54. The lowest BCUT2D eigenvalue weighted by Crippen LogP contribution is -2.12. The molecule has 0 saturated carbocycles. The summed E-state index contributed by atoms with van der Waals surface area (Å²) in [6.07, 6.45) is -5.23. The van der Waals surface area contributed by atoms with Crippen LogP contribution in [0.5, 0.6) is 0 Å². The Hall–Kier alpha value is -0.700. The van der Waals surface area contributed by atoms with Gasteiger partial charge in [-0.25, -0.2) is 0 Å². The van der Waals surface area contributed by atoms with Crippen LogP contribution in [0.15, 0.2) is 18.2 Å². The Morgan fingerprint density at radius 1 is 1.00 bits per heavy atom. The molecule has 0 aliphatic heterocycles. The molecule has 4 heteroatoms. The fourth-order valence-electron chi connectivity index (χ4n) is 2.05. The number of halogens is 4. The molecule has 0 radical (unpaired) electrons. The molecule has 0 bridgehead atoms. The maximum atomic E-state index is 12.4. The highest BCUT2D eigenvalue weighted by molar-refractivity contribution is 6.21. The van der Waals surface area contributed by atoms with Crippen molar-refractivity contribution < 1.29 is 13.2 Å². The lowest BCUT2D eigenvalue weighted by molar-refractivity contribution is -0.134. The molecule has 0 fully saturated rings. The van der Waals surface area contributed by atoms with E-state index in [0.717, 1.165) is 11.1 Å². The van der Waals surface area contributed by atoms with Crippen LogP contribution in [0.2, 0.25) is 0 Å². The molecule has 0 aromatic heterocycles. The maximum Gasteiger partial charge on any atom is 0.390 e. The predicted octanol–water partition coefficient (Wildman–Crippen LogP) is 6.17. The van der Waals surface area contributed by atoms with Crippen molar-refractivity contribution in [1.82, 2.24) is 0 Å². The van der Waals surface area contributed by atoms with Crippen LogP contribution in [-0.2, 0) is 0 Å². The van der Waals surface area contributed by atoms with Gasteiger partial charge in [-0.2, -0.15) is 13.2 Å². The first-order valence-corrected chi connectivity index (χ1v) is 6.90. The van der Waals surface area contributed by atoms with Gasteiger partial charge in [0.05, 0.1) is 11.8 Å². The molecular formula is C15H20ClF3. The van der Waals surface area contributed by atoms with Crippen LogP contribution in [0.4, 0.5) is 13.2 Å². The zero-order valence-corrected chi connectivity index (χ0v) is 12.4. The molecule has 1 atom stereocenters. The SMILES string of the molecule is CC(C)c1ccc(C(Cl)CC(F)(F)F)c(C(C)C)c1. The van der Waals surface area contributed by atoms with E-state index in [4.69, 9.17) is 11.6 Å². The zero-order chi connectivity index (χ0) is 14.8. The Labute approximate surface area is 118 Å². The summed E-state index contributed by atoms with van der Waals surface area (Å²) in [5.41, 5.74) is 2.64. The third-order valence-electron chi connectivity index (χ3n) is 3.15. The summed E-state index contributed by atoms with van der Waals surface area (Å²) >= 11 is 5.95. The van der Waals surface area contributed by atoms with Gasteiger partial charge in [-0.3, -0.25) is 0 Å². The maximum absolute atomic E-state index is 12.4. The van der Waals surface area contributed by atoms with E-state index in [0.29, 0.717) is 11.5 Å². The van der Waals surface area contributed by atoms with Gasteiger partial charge in [0, 0.05) is 0 Å². The summed E-state index contributed by atoms with van der Waals surface area (Å²) in [5, 5.41) is -1.02. The smallest absolute Gasteiger partial charge is 0.171 e. The average Bonchev–Trinajstić information content (AvgIpc) is 2.25. The summed E-state index contributed by atoms with van der Waals surface area (Å²) in [4.78, 5) is 0. The Morgan fingerprint density at radius 2 is 1.58 bits per heavy atom. The Balaban J connectivity index is 3.13. The number of rotatable bonds is 4. The quantitative estimate of drug-likeness (QED) is 0.582. The van der Waals surface area contributed by atoms with Crippen molar-refractivity contribution in [3.63, 3.8) is 0 Å². The summed E-state index contributed by atoms with van der Waals surface area (Å²) in [6.45, 7) is 8.07. The average molecular weight is 293 g/mol. The predicted molar refractivity (Wildman–Crippen MR) is 73.9 cm³/mol. The van der Waals surface area contributed by atoms with E-state index in [9.17, 15) is 13.2 Å². The molecule has 0 aliphatic carbocycles. The van der Waals surface area contributed by atoms with E-state index < -0.39 is 18.0 Å². The molecule has 1 aromatic rings. The fraction of sp³-hybridized carbons (Fsp3) is 0.600. The second-order valence-corrected chi connectivity index (χ2v) is 6.01. The van der Waals surface area contributed by atoms with Gasteiger partial charge in [0.2, 0.25) is 0 Å². The van der Waals surface area contributed by atoms with Gasteiger partial charge in [-0.05, 0) is 28.5 Å². The van der Waals surface area contributed by atoms with Crippen molar-refractivity contribution in [3.05, 3.63) is 34.9 Å². The van der Waals surface area contributed by atoms with Crippen LogP contribution in [0, 0.1) is 0 Å². The molecule has 19 heavy (non-hydrogen) atoms. The molecule has 0 N–H and O–H groups in total. The van der Waals surface area contributed by atoms with Crippen molar-refractivity contribution in [2.45, 2.75) is 57.5 Å². The van der Waals surface area contributed by atoms with Crippen molar-refractivity contribution in [2.24, 2.45) is 0 Å². The number of hydrogen-bond donors (Lipinski definition) is 0. The van der Waals surface area contributed by atoms with Gasteiger partial charge in [0.15, 0.2) is 0 Å². The van der Waals surface area contributed by atoms with Crippen LogP contribution in [0.1, 0.15) is 68.0 Å². The molecule has 0 nitrogen and oxygen atoms in total. The lowest BCUT2D eigenvalue weighted by Gasteiger charge is -2.20. The molecule has 0 heterocycles. The Kier molecular flexibility index (Phi) is 5.31. The van der Waals surface area contributed by atoms with Crippen molar-refractivity contribution in [2.75, 3.05) is 0 Å². The third kappa shape index (κ3) is 4.72. The summed E-state index contributed by atoms with van der Waals surface area (Å²) in [7, 11) is 0. The number of hydrogen-bond acceptors (Lipinski definition) is 0. The number of alkyl halides is 4. The van der Waals surface area contributed by atoms with Gasteiger partial charge in [-0.1, -0.05) is 45.9 Å². The standard InChI is InChI=1S/C15H20ClF3/c1-9(2)11-5-6-12(13(7-11)10(3)4)14(16)8-15(17,18)19/h5-7,9-10,14H,8H2,1-4H3. The van der Waals surface area contributed by atoms with Crippen LogP contribution < -0.4 is 0 Å². The summed E-state index contributed by atoms with van der Waals surface area (Å²) in [5.74, 6) is 0.506. The van der Waals surface area contributed by atoms with Gasteiger partial charge in [-0.15, -0.1) is 11.6 Å². The molecular weight excluding hydrogens is 273 g/mol. The van der Waals surface area contributed by atoms with Crippen LogP contribution >= 0.6 is 11.6 Å². The monoisotopic (exact) mass is 292 g/mol. The van der Waals surface area contributed by atoms with E-state index in [2.05, 4.69) is 13.8 Å². The van der Waals surface area contributed by atoms with Crippen molar-refractivity contribution in [1.29, 1.82) is 0 Å². The highest BCUT2D eigenvalue weighted by atomic mass is 35.5. The topological polar surface area (TPSA) is 0 Å². The van der Waals surface area contributed by atoms with Gasteiger partial charge >= 0.3 is 6.18 Å². The highest BCUT2D eigenvalue weighted by Crippen LogP contribution is 2.38. The second kappa shape index (κ2) is 6.17. The fourth-order valence-corrected chi connectivity index (χ4v) is 2.42. The molecule has 1 aromatic carbocycles. The first kappa shape index (κ1) is 16.4. The molecule has 1 unspecified atom stereocenters.